The van der Waals surface area contributed by atoms with Gasteiger partial charge in [0.1, 0.15) is 24.7 Å². The van der Waals surface area contributed by atoms with Gasteiger partial charge in [-0.25, -0.2) is 0 Å². The van der Waals surface area contributed by atoms with Gasteiger partial charge in [-0.1, -0.05) is 31.9 Å². The van der Waals surface area contributed by atoms with E-state index >= 15 is 0 Å². The third-order valence-electron chi connectivity index (χ3n) is 7.31. The van der Waals surface area contributed by atoms with Gasteiger partial charge in [0.2, 0.25) is 0 Å². The molecule has 0 spiro atoms. The molecule has 39 heavy (non-hydrogen) atoms. The molecular weight excluding hydrogens is 500 g/mol. The maximum absolute atomic E-state index is 13.5. The molecule has 2 fully saturated rings. The molecule has 0 radical (unpaired) electrons. The predicted molar refractivity (Wildman–Crippen MR) is 145 cm³/mol. The summed E-state index contributed by atoms with van der Waals surface area (Å²) in [6.07, 6.45) is 3.13. The van der Waals surface area contributed by atoms with Gasteiger partial charge in [-0.15, -0.1) is 0 Å². The maximum atomic E-state index is 13.5. The molecule has 9 nitrogen and oxygen atoms in total. The second-order valence-corrected chi connectivity index (χ2v) is 9.93. The maximum Gasteiger partial charge on any atom is 0.295 e. The minimum Gasteiger partial charge on any atom is -0.507 e. The lowest BCUT2D eigenvalue weighted by atomic mass is 9.95. The van der Waals surface area contributed by atoms with Crippen molar-refractivity contribution in [3.8, 4) is 17.2 Å². The first kappa shape index (κ1) is 27.0. The monoisotopic (exact) mass is 536 g/mol. The van der Waals surface area contributed by atoms with Crippen LogP contribution in [0.3, 0.4) is 0 Å². The number of likely N-dealkylation sites (tertiary alicyclic amines) is 1. The van der Waals surface area contributed by atoms with Gasteiger partial charge in [-0.3, -0.25) is 14.5 Å². The Hall–Kier alpha value is -3.56. The van der Waals surface area contributed by atoms with E-state index in [2.05, 4.69) is 11.8 Å². The number of unbranched alkanes of at least 4 members (excludes halogenated alkanes) is 2. The summed E-state index contributed by atoms with van der Waals surface area (Å²) in [5.41, 5.74) is 1.16. The summed E-state index contributed by atoms with van der Waals surface area (Å²) in [6, 6.07) is 11.7. The zero-order valence-electron chi connectivity index (χ0n) is 22.4. The highest BCUT2D eigenvalue weighted by atomic mass is 16.6. The number of hydrogen-bond donors (Lipinski definition) is 1. The van der Waals surface area contributed by atoms with Crippen LogP contribution >= 0.6 is 0 Å². The molecule has 3 heterocycles. The van der Waals surface area contributed by atoms with Gasteiger partial charge in [0.05, 0.1) is 31.4 Å². The summed E-state index contributed by atoms with van der Waals surface area (Å²) >= 11 is 0. The smallest absolute Gasteiger partial charge is 0.295 e. The van der Waals surface area contributed by atoms with E-state index in [1.54, 1.807) is 23.1 Å². The summed E-state index contributed by atoms with van der Waals surface area (Å²) in [5.74, 6) is 0.171. The van der Waals surface area contributed by atoms with Crippen LogP contribution in [0.5, 0.6) is 17.2 Å². The molecule has 0 saturated carbocycles. The van der Waals surface area contributed by atoms with Crippen molar-refractivity contribution < 1.29 is 33.6 Å². The Morgan fingerprint density at radius 2 is 1.77 bits per heavy atom. The fourth-order valence-electron chi connectivity index (χ4n) is 5.19. The molecule has 1 atom stereocenters. The largest absolute Gasteiger partial charge is 0.507 e. The van der Waals surface area contributed by atoms with Crippen molar-refractivity contribution >= 4 is 17.4 Å². The topological polar surface area (TPSA) is 97.8 Å². The first-order valence-corrected chi connectivity index (χ1v) is 13.8. The van der Waals surface area contributed by atoms with Gasteiger partial charge in [0.15, 0.2) is 11.5 Å². The number of fused-ring (bicyclic) bond motifs is 1. The predicted octanol–water partition coefficient (Wildman–Crippen LogP) is 3.78. The molecule has 5 rings (SSSR count). The number of carbonyl (C=O) groups is 2. The molecule has 0 unspecified atom stereocenters. The third-order valence-corrected chi connectivity index (χ3v) is 7.31. The van der Waals surface area contributed by atoms with Crippen molar-refractivity contribution in [3.63, 3.8) is 0 Å². The van der Waals surface area contributed by atoms with Crippen molar-refractivity contribution in [3.05, 3.63) is 59.2 Å². The molecular formula is C30H36N2O7. The third kappa shape index (κ3) is 6.04. The SMILES string of the molecule is CCCCCOc1cccc([C@H]2/C(=C(\O)c3ccc4c(c3)OCCO4)C(=O)C(=O)N2CCN2CCOCC2)c1. The number of morpholine rings is 1. The molecule has 2 aromatic rings. The molecule has 1 N–H and O–H groups in total. The van der Waals surface area contributed by atoms with E-state index < -0.39 is 17.7 Å². The van der Waals surface area contributed by atoms with Gasteiger partial charge in [-0.05, 0) is 42.3 Å². The molecule has 3 aliphatic rings. The lowest BCUT2D eigenvalue weighted by Gasteiger charge is -2.31. The summed E-state index contributed by atoms with van der Waals surface area (Å²) in [6.45, 7) is 7.35. The number of benzene rings is 2. The minimum absolute atomic E-state index is 0.0572. The Kier molecular flexibility index (Phi) is 8.68. The number of hydrogen-bond acceptors (Lipinski definition) is 8. The van der Waals surface area contributed by atoms with Gasteiger partial charge < -0.3 is 29.0 Å². The first-order valence-electron chi connectivity index (χ1n) is 13.8. The van der Waals surface area contributed by atoms with Crippen molar-refractivity contribution in [2.24, 2.45) is 0 Å². The van der Waals surface area contributed by atoms with Crippen LogP contribution in [0.2, 0.25) is 0 Å². The van der Waals surface area contributed by atoms with Crippen LogP contribution < -0.4 is 14.2 Å². The van der Waals surface area contributed by atoms with Crippen molar-refractivity contribution in [2.45, 2.75) is 32.2 Å². The lowest BCUT2D eigenvalue weighted by Crippen LogP contribution is -2.42. The van der Waals surface area contributed by atoms with Gasteiger partial charge >= 0.3 is 0 Å². The highest BCUT2D eigenvalue weighted by molar-refractivity contribution is 6.46. The van der Waals surface area contributed by atoms with Gasteiger partial charge in [0, 0.05) is 31.7 Å². The van der Waals surface area contributed by atoms with Gasteiger partial charge in [0.25, 0.3) is 11.7 Å². The molecule has 208 valence electrons. The average Bonchev–Trinajstić information content (AvgIpc) is 3.23. The number of amides is 1. The molecule has 0 aliphatic carbocycles. The van der Waals surface area contributed by atoms with Crippen LogP contribution in [-0.2, 0) is 14.3 Å². The normalized spacial score (nSPS) is 20.8. The van der Waals surface area contributed by atoms with E-state index in [9.17, 15) is 14.7 Å². The Balaban J connectivity index is 1.49. The number of carbonyl (C=O) groups excluding carboxylic acids is 2. The number of ether oxygens (including phenoxy) is 4. The second kappa shape index (κ2) is 12.5. The summed E-state index contributed by atoms with van der Waals surface area (Å²) in [5, 5.41) is 11.5. The van der Waals surface area contributed by atoms with E-state index in [0.717, 1.165) is 32.4 Å². The Morgan fingerprint density at radius 3 is 2.56 bits per heavy atom. The number of ketones is 1. The van der Waals surface area contributed by atoms with Crippen LogP contribution in [0.4, 0.5) is 0 Å². The fourth-order valence-corrected chi connectivity index (χ4v) is 5.19. The standard InChI is InChI=1S/C30H36N2O7/c1-2-3-4-14-37-23-7-5-6-21(19-23)27-26(28(33)22-8-9-24-25(20-22)39-18-17-38-24)29(34)30(35)32(27)11-10-31-12-15-36-16-13-31/h5-9,19-20,27,33H,2-4,10-18H2,1H3/b28-26+/t27-/m0/s1. The molecule has 1 amide bonds. The average molecular weight is 537 g/mol. The molecule has 0 aromatic heterocycles. The zero-order valence-corrected chi connectivity index (χ0v) is 22.4. The molecule has 9 heteroatoms. The van der Waals surface area contributed by atoms with E-state index in [1.165, 1.54) is 0 Å². The Labute approximate surface area is 228 Å². The zero-order chi connectivity index (χ0) is 27.2. The van der Waals surface area contributed by atoms with E-state index in [1.807, 2.05) is 24.3 Å². The summed E-state index contributed by atoms with van der Waals surface area (Å²) < 4.78 is 22.7. The summed E-state index contributed by atoms with van der Waals surface area (Å²) in [7, 11) is 0. The minimum atomic E-state index is -0.751. The number of aliphatic hydroxyl groups is 1. The first-order chi connectivity index (χ1) is 19.1. The molecule has 2 saturated heterocycles. The Bertz CT molecular complexity index is 1220. The van der Waals surface area contributed by atoms with Crippen molar-refractivity contribution in [1.29, 1.82) is 0 Å². The number of Topliss-reactive ketones (excluding diaryl/α,β-unsaturated/α-hetero) is 1. The van der Waals surface area contributed by atoms with Crippen molar-refractivity contribution in [2.75, 3.05) is 59.2 Å². The molecule has 3 aliphatic heterocycles. The number of nitrogens with zero attached hydrogens (tertiary/aromatic N) is 2. The summed E-state index contributed by atoms with van der Waals surface area (Å²) in [4.78, 5) is 30.6. The van der Waals surface area contributed by atoms with Gasteiger partial charge in [-0.2, -0.15) is 0 Å². The highest BCUT2D eigenvalue weighted by Crippen LogP contribution is 2.41. The van der Waals surface area contributed by atoms with Crippen LogP contribution in [0.15, 0.2) is 48.0 Å². The van der Waals surface area contributed by atoms with Crippen LogP contribution in [0, 0.1) is 0 Å². The van der Waals surface area contributed by atoms with Crippen molar-refractivity contribution in [1.82, 2.24) is 9.80 Å². The van der Waals surface area contributed by atoms with Crippen LogP contribution in [-0.4, -0.2) is 85.8 Å². The lowest BCUT2D eigenvalue weighted by molar-refractivity contribution is -0.140. The van der Waals surface area contributed by atoms with Crippen LogP contribution in [0.1, 0.15) is 43.4 Å². The Morgan fingerprint density at radius 1 is 0.974 bits per heavy atom. The van der Waals surface area contributed by atoms with E-state index in [-0.39, 0.29) is 11.3 Å². The van der Waals surface area contributed by atoms with Crippen LogP contribution in [0.25, 0.3) is 5.76 Å². The highest BCUT2D eigenvalue weighted by Gasteiger charge is 2.46. The number of aliphatic hydroxyl groups excluding tert-OH is 1. The molecule has 2 aromatic carbocycles. The van der Waals surface area contributed by atoms with E-state index in [0.29, 0.717) is 74.5 Å². The molecule has 0 bridgehead atoms. The van der Waals surface area contributed by atoms with E-state index in [4.69, 9.17) is 18.9 Å². The quantitative estimate of drug-likeness (QED) is 0.212. The second-order valence-electron chi connectivity index (χ2n) is 9.93. The number of rotatable bonds is 10. The fraction of sp³-hybridized carbons (Fsp3) is 0.467.